The number of fused-ring (bicyclic) bond motifs is 9. The van der Waals surface area contributed by atoms with Gasteiger partial charge in [0.25, 0.3) is 0 Å². The van der Waals surface area contributed by atoms with Crippen LogP contribution in [0.5, 0.6) is 5.75 Å². The van der Waals surface area contributed by atoms with E-state index in [-0.39, 0.29) is 57.3 Å². The Morgan fingerprint density at radius 2 is 1.74 bits per heavy atom. The van der Waals surface area contributed by atoms with E-state index in [1.807, 2.05) is 12.1 Å². The Morgan fingerprint density at radius 3 is 2.35 bits per heavy atom. The second kappa shape index (κ2) is 7.45. The summed E-state index contributed by atoms with van der Waals surface area (Å²) in [4.78, 5) is 56.1. The molecule has 0 unspecified atom stereocenters. The minimum atomic E-state index is -1.16. The molecule has 2 aliphatic heterocycles. The van der Waals surface area contributed by atoms with Crippen LogP contribution in [-0.2, 0) is 14.4 Å². The molecule has 4 aliphatic rings. The molecular weight excluding hydrogens is 476 g/mol. The molecule has 2 bridgehead atoms. The molecule has 0 radical (unpaired) electrons. The summed E-state index contributed by atoms with van der Waals surface area (Å²) in [6.07, 6.45) is 0.746. The summed E-state index contributed by atoms with van der Waals surface area (Å²) in [7, 11) is 0. The van der Waals surface area contributed by atoms with Crippen molar-refractivity contribution in [3.63, 3.8) is 0 Å². The number of nitrogens with one attached hydrogen (secondary N) is 1. The number of likely N-dealkylation sites (tertiary alicyclic amines) is 1. The first-order valence-corrected chi connectivity index (χ1v) is 13.2. The number of aromatic hydroxyl groups is 1. The van der Waals surface area contributed by atoms with Gasteiger partial charge in [-0.1, -0.05) is 37.3 Å². The molecule has 2 aliphatic carbocycles. The van der Waals surface area contributed by atoms with Crippen LogP contribution in [-0.4, -0.2) is 49.2 Å². The van der Waals surface area contributed by atoms with Crippen molar-refractivity contribution in [2.75, 3.05) is 0 Å². The van der Waals surface area contributed by atoms with E-state index in [4.69, 9.17) is 0 Å². The Morgan fingerprint density at radius 1 is 1.09 bits per heavy atom. The van der Waals surface area contributed by atoms with Gasteiger partial charge in [0.05, 0.1) is 16.9 Å². The number of amides is 2. The second-order valence-corrected chi connectivity index (χ2v) is 12.3. The average Bonchev–Trinajstić information content (AvgIpc) is 3.49. The minimum absolute atomic E-state index is 0.0405. The summed E-state index contributed by atoms with van der Waals surface area (Å²) in [5.74, 6) is -3.32. The van der Waals surface area contributed by atoms with Crippen LogP contribution in [0.2, 0.25) is 0 Å². The van der Waals surface area contributed by atoms with Crippen molar-refractivity contribution in [1.29, 1.82) is 0 Å². The standard InChI is InChI=1S/C24H24N2O6S2/c1-8(2)17(23(30)31)26-21(28)15-11-7-12(16(15)22(26)29)18-14(11)13(9-3-5-10(27)6-4-9)19-20(33-18)25-24(32)34-19/h3-6,8,11-18,27H,7H2,1-2H3,(H,25,32)(H,30,31)/t11-,12-,13-,14-,15+,16-,17-,18+/m1/s1. The third kappa shape index (κ3) is 2.84. The molecule has 3 N–H and O–H groups in total. The van der Waals surface area contributed by atoms with E-state index < -0.39 is 23.8 Å². The molecule has 34 heavy (non-hydrogen) atoms. The van der Waals surface area contributed by atoms with Crippen molar-refractivity contribution in [3.8, 4) is 5.75 Å². The molecule has 3 heterocycles. The molecule has 1 aromatic heterocycles. The number of carbonyl (C=O) groups excluding carboxylic acids is 2. The molecule has 6 rings (SSSR count). The number of thiazole rings is 1. The third-order valence-corrected chi connectivity index (χ3v) is 10.8. The molecule has 8 atom stereocenters. The van der Waals surface area contributed by atoms with Crippen LogP contribution in [0.3, 0.4) is 0 Å². The zero-order chi connectivity index (χ0) is 24.0. The minimum Gasteiger partial charge on any atom is -0.508 e. The van der Waals surface area contributed by atoms with Crippen molar-refractivity contribution in [2.24, 2.45) is 35.5 Å². The molecular formula is C24H24N2O6S2. The lowest BCUT2D eigenvalue weighted by Gasteiger charge is -2.43. The fourth-order valence-corrected chi connectivity index (χ4v) is 9.95. The molecule has 8 nitrogen and oxygen atoms in total. The number of phenols is 1. The van der Waals surface area contributed by atoms with Crippen molar-refractivity contribution in [1.82, 2.24) is 9.88 Å². The highest BCUT2D eigenvalue weighted by atomic mass is 32.2. The number of aromatic nitrogens is 1. The van der Waals surface area contributed by atoms with Crippen LogP contribution < -0.4 is 4.87 Å². The lowest BCUT2D eigenvalue weighted by atomic mass is 9.68. The quantitative estimate of drug-likeness (QED) is 0.551. The normalized spacial score (nSPS) is 34.3. The van der Waals surface area contributed by atoms with E-state index >= 15 is 0 Å². The van der Waals surface area contributed by atoms with Gasteiger partial charge in [-0.25, -0.2) is 4.79 Å². The fraction of sp³-hybridized carbons (Fsp3) is 0.500. The number of nitrogens with zero attached hydrogens (tertiary/aromatic N) is 1. The van der Waals surface area contributed by atoms with E-state index in [1.165, 1.54) is 11.3 Å². The van der Waals surface area contributed by atoms with Gasteiger partial charge < -0.3 is 15.2 Å². The highest BCUT2D eigenvalue weighted by molar-refractivity contribution is 8.00. The lowest BCUT2D eigenvalue weighted by molar-refractivity contribution is -0.157. The maximum Gasteiger partial charge on any atom is 0.327 e. The number of aliphatic carboxylic acids is 1. The first kappa shape index (κ1) is 21.9. The number of carbonyl (C=O) groups is 3. The molecule has 3 fully saturated rings. The number of H-pyrrole nitrogens is 1. The second-order valence-electron chi connectivity index (χ2n) is 10.1. The topological polar surface area (TPSA) is 128 Å². The molecule has 2 amide bonds. The summed E-state index contributed by atoms with van der Waals surface area (Å²) in [5, 5.41) is 20.5. The van der Waals surface area contributed by atoms with Crippen LogP contribution in [0.25, 0.3) is 0 Å². The fourth-order valence-electron chi connectivity index (χ4n) is 7.06. The van der Waals surface area contributed by atoms with Crippen molar-refractivity contribution >= 4 is 40.9 Å². The molecule has 1 aromatic carbocycles. The van der Waals surface area contributed by atoms with Gasteiger partial charge in [-0.05, 0) is 47.8 Å². The van der Waals surface area contributed by atoms with E-state index in [2.05, 4.69) is 4.98 Å². The van der Waals surface area contributed by atoms with Crippen LogP contribution in [0, 0.1) is 35.5 Å². The number of benzene rings is 1. The number of aromatic amines is 1. The maximum atomic E-state index is 13.6. The number of hydrogen-bond donors (Lipinski definition) is 3. The van der Waals surface area contributed by atoms with Crippen molar-refractivity contribution < 1.29 is 24.6 Å². The number of hydrogen-bond acceptors (Lipinski definition) is 7. The molecule has 0 spiro atoms. The van der Waals surface area contributed by atoms with Gasteiger partial charge in [0.2, 0.25) is 11.8 Å². The summed E-state index contributed by atoms with van der Waals surface area (Å²) < 4.78 is 0. The zero-order valence-electron chi connectivity index (χ0n) is 18.5. The number of thioether (sulfide) groups is 1. The zero-order valence-corrected chi connectivity index (χ0v) is 20.1. The Bertz CT molecular complexity index is 1270. The largest absolute Gasteiger partial charge is 0.508 e. The first-order valence-electron chi connectivity index (χ1n) is 11.5. The summed E-state index contributed by atoms with van der Waals surface area (Å²) in [5.41, 5.74) is 0.966. The highest BCUT2D eigenvalue weighted by Gasteiger charge is 2.70. The smallest absolute Gasteiger partial charge is 0.327 e. The predicted octanol–water partition coefficient (Wildman–Crippen LogP) is 2.72. The Labute approximate surface area is 203 Å². The SMILES string of the molecule is CC(C)[C@H](C(=O)O)N1C(=O)[C@@H]2[C@H]3C[C@@H]([C@@H]2C1=O)[C@@H]1[C@@H](c2ccc(O)cc2)c2sc(=O)[nH]c2S[C@@H]31. The third-order valence-electron chi connectivity index (χ3n) is 8.17. The van der Waals surface area contributed by atoms with Gasteiger partial charge in [0.1, 0.15) is 11.8 Å². The highest BCUT2D eigenvalue weighted by Crippen LogP contribution is 2.68. The van der Waals surface area contributed by atoms with Gasteiger partial charge in [-0.3, -0.25) is 19.3 Å². The summed E-state index contributed by atoms with van der Waals surface area (Å²) in [6, 6.07) is 5.81. The number of carboxylic acid groups (broad SMARTS) is 1. The van der Waals surface area contributed by atoms with Crippen LogP contribution in [0.4, 0.5) is 0 Å². The van der Waals surface area contributed by atoms with Gasteiger partial charge in [-0.2, -0.15) is 0 Å². The Kier molecular flexibility index (Phi) is 4.80. The van der Waals surface area contributed by atoms with Crippen molar-refractivity contribution in [2.45, 2.75) is 42.5 Å². The number of rotatable bonds is 4. The Hall–Kier alpha value is -2.59. The van der Waals surface area contributed by atoms with E-state index in [0.29, 0.717) is 0 Å². The molecule has 2 aromatic rings. The van der Waals surface area contributed by atoms with Crippen LogP contribution in [0.1, 0.15) is 36.6 Å². The van der Waals surface area contributed by atoms with Gasteiger partial charge in [0.15, 0.2) is 0 Å². The molecule has 10 heteroatoms. The van der Waals surface area contributed by atoms with Gasteiger partial charge in [-0.15, -0.1) is 11.8 Å². The lowest BCUT2D eigenvalue weighted by Crippen LogP contribution is -2.49. The van der Waals surface area contributed by atoms with Crippen LogP contribution in [0.15, 0.2) is 34.1 Å². The average molecular weight is 501 g/mol. The summed E-state index contributed by atoms with van der Waals surface area (Å²) >= 11 is 2.77. The molecule has 1 saturated heterocycles. The number of phenolic OH excluding ortho intramolecular Hbond substituents is 1. The summed E-state index contributed by atoms with van der Waals surface area (Å²) in [6.45, 7) is 3.43. The maximum absolute atomic E-state index is 13.6. The van der Waals surface area contributed by atoms with E-state index in [0.717, 1.165) is 26.8 Å². The van der Waals surface area contributed by atoms with E-state index in [9.17, 15) is 29.4 Å². The molecule has 2 saturated carbocycles. The first-order chi connectivity index (χ1) is 16.2. The van der Waals surface area contributed by atoms with E-state index in [1.54, 1.807) is 37.7 Å². The van der Waals surface area contributed by atoms with Crippen molar-refractivity contribution in [3.05, 3.63) is 44.4 Å². The molecule has 178 valence electrons. The van der Waals surface area contributed by atoms with Crippen LogP contribution >= 0.6 is 23.1 Å². The Balaban J connectivity index is 1.44. The number of carboxylic acids is 1. The monoisotopic (exact) mass is 500 g/mol. The number of imide groups is 1. The van der Waals surface area contributed by atoms with Gasteiger partial charge >= 0.3 is 10.8 Å². The van der Waals surface area contributed by atoms with Gasteiger partial charge in [0, 0.05) is 16.0 Å². The predicted molar refractivity (Wildman–Crippen MR) is 125 cm³/mol.